The van der Waals surface area contributed by atoms with Crippen LogP contribution < -0.4 is 0 Å². The van der Waals surface area contributed by atoms with Gasteiger partial charge in [-0.1, -0.05) is 0 Å². The van der Waals surface area contributed by atoms with E-state index in [2.05, 4.69) is 0 Å². The summed E-state index contributed by atoms with van der Waals surface area (Å²) in [6, 6.07) is 0. The van der Waals surface area contributed by atoms with Gasteiger partial charge in [-0.2, -0.15) is 0 Å². The number of aliphatic hydroxyl groups excluding tert-OH is 1. The fraction of sp³-hybridized carbons (Fsp3) is 0.938. The maximum Gasteiger partial charge on any atom is 0.410 e. The SMILES string of the molecule is CC(C)(C)OC(=O)N1CCC(OC2CCCC(O)C2)CC1. The highest BCUT2D eigenvalue weighted by molar-refractivity contribution is 5.68. The van der Waals surface area contributed by atoms with Crippen molar-refractivity contribution in [3.05, 3.63) is 0 Å². The number of aliphatic hydroxyl groups is 1. The van der Waals surface area contributed by atoms with Crippen LogP contribution >= 0.6 is 0 Å². The lowest BCUT2D eigenvalue weighted by Crippen LogP contribution is -2.44. The molecule has 2 aliphatic rings. The fourth-order valence-electron chi connectivity index (χ4n) is 3.02. The van der Waals surface area contributed by atoms with E-state index in [9.17, 15) is 9.90 Å². The van der Waals surface area contributed by atoms with Gasteiger partial charge in [-0.3, -0.25) is 0 Å². The monoisotopic (exact) mass is 299 g/mol. The molecule has 1 heterocycles. The van der Waals surface area contributed by atoms with E-state index in [-0.39, 0.29) is 24.4 Å². The zero-order valence-electron chi connectivity index (χ0n) is 13.5. The van der Waals surface area contributed by atoms with Crippen molar-refractivity contribution < 1.29 is 19.4 Å². The zero-order chi connectivity index (χ0) is 15.5. The Balaban J connectivity index is 1.71. The molecule has 0 radical (unpaired) electrons. The molecule has 1 amide bonds. The number of ether oxygens (including phenoxy) is 2. The molecule has 1 aliphatic heterocycles. The van der Waals surface area contributed by atoms with Crippen LogP contribution in [0, 0.1) is 0 Å². The predicted octanol–water partition coefficient (Wildman–Crippen LogP) is 2.71. The zero-order valence-corrected chi connectivity index (χ0v) is 13.5. The lowest BCUT2D eigenvalue weighted by molar-refractivity contribution is -0.0760. The average Bonchev–Trinajstić information content (AvgIpc) is 2.37. The highest BCUT2D eigenvalue weighted by Crippen LogP contribution is 2.25. The maximum absolute atomic E-state index is 12.0. The van der Waals surface area contributed by atoms with Crippen LogP contribution in [0.2, 0.25) is 0 Å². The summed E-state index contributed by atoms with van der Waals surface area (Å²) in [7, 11) is 0. The minimum Gasteiger partial charge on any atom is -0.444 e. The van der Waals surface area contributed by atoms with E-state index in [0.717, 1.165) is 38.5 Å². The molecule has 5 heteroatoms. The van der Waals surface area contributed by atoms with E-state index in [1.54, 1.807) is 4.90 Å². The molecule has 1 aliphatic carbocycles. The van der Waals surface area contributed by atoms with Gasteiger partial charge in [-0.05, 0) is 59.3 Å². The van der Waals surface area contributed by atoms with Crippen LogP contribution in [0.15, 0.2) is 0 Å². The lowest BCUT2D eigenvalue weighted by atomic mass is 9.94. The molecule has 0 aromatic rings. The molecule has 2 unspecified atom stereocenters. The predicted molar refractivity (Wildman–Crippen MR) is 80.2 cm³/mol. The molecule has 122 valence electrons. The highest BCUT2D eigenvalue weighted by atomic mass is 16.6. The molecular formula is C16H29NO4. The highest BCUT2D eigenvalue weighted by Gasteiger charge is 2.29. The van der Waals surface area contributed by atoms with Crippen LogP contribution in [0.25, 0.3) is 0 Å². The molecule has 0 aromatic heterocycles. The topological polar surface area (TPSA) is 59.0 Å². The van der Waals surface area contributed by atoms with Crippen molar-refractivity contribution in [3.63, 3.8) is 0 Å². The second-order valence-electron chi connectivity index (χ2n) is 7.25. The van der Waals surface area contributed by atoms with Crippen molar-refractivity contribution in [2.24, 2.45) is 0 Å². The van der Waals surface area contributed by atoms with E-state index in [1.165, 1.54) is 0 Å². The summed E-state index contributed by atoms with van der Waals surface area (Å²) in [5.41, 5.74) is -0.442. The number of rotatable bonds is 2. The average molecular weight is 299 g/mol. The molecular weight excluding hydrogens is 270 g/mol. The van der Waals surface area contributed by atoms with E-state index in [4.69, 9.17) is 9.47 Å². The first-order valence-corrected chi connectivity index (χ1v) is 8.15. The molecule has 2 atom stereocenters. The van der Waals surface area contributed by atoms with Crippen LogP contribution in [0.1, 0.15) is 59.3 Å². The number of hydrogen-bond acceptors (Lipinski definition) is 4. The summed E-state index contributed by atoms with van der Waals surface area (Å²) < 4.78 is 11.5. The molecule has 0 spiro atoms. The minimum atomic E-state index is -0.442. The van der Waals surface area contributed by atoms with Crippen molar-refractivity contribution in [1.29, 1.82) is 0 Å². The second-order valence-corrected chi connectivity index (χ2v) is 7.25. The number of amides is 1. The Morgan fingerprint density at radius 1 is 1.10 bits per heavy atom. The molecule has 0 bridgehead atoms. The summed E-state index contributed by atoms with van der Waals surface area (Å²) in [4.78, 5) is 13.7. The number of carbonyl (C=O) groups excluding carboxylic acids is 1. The van der Waals surface area contributed by atoms with E-state index >= 15 is 0 Å². The Bertz CT molecular complexity index is 345. The third-order valence-corrected chi connectivity index (χ3v) is 4.08. The van der Waals surface area contributed by atoms with Crippen LogP contribution in [-0.4, -0.2) is 53.1 Å². The van der Waals surface area contributed by atoms with Crippen molar-refractivity contribution >= 4 is 6.09 Å². The first-order valence-electron chi connectivity index (χ1n) is 8.15. The number of hydrogen-bond donors (Lipinski definition) is 1. The molecule has 0 aromatic carbocycles. The molecule has 5 nitrogen and oxygen atoms in total. The largest absolute Gasteiger partial charge is 0.444 e. The number of likely N-dealkylation sites (tertiary alicyclic amines) is 1. The Kier molecular flexibility index (Phi) is 5.49. The second kappa shape index (κ2) is 6.97. The van der Waals surface area contributed by atoms with Gasteiger partial charge in [-0.25, -0.2) is 4.79 Å². The van der Waals surface area contributed by atoms with Gasteiger partial charge in [0.25, 0.3) is 0 Å². The van der Waals surface area contributed by atoms with Gasteiger partial charge in [0.15, 0.2) is 0 Å². The molecule has 21 heavy (non-hydrogen) atoms. The molecule has 1 saturated heterocycles. The van der Waals surface area contributed by atoms with Crippen molar-refractivity contribution in [1.82, 2.24) is 4.90 Å². The van der Waals surface area contributed by atoms with Gasteiger partial charge in [0, 0.05) is 13.1 Å². The normalized spacial score (nSPS) is 28.5. The number of carbonyl (C=O) groups is 1. The van der Waals surface area contributed by atoms with E-state index in [1.807, 2.05) is 20.8 Å². The van der Waals surface area contributed by atoms with Gasteiger partial charge in [0.1, 0.15) is 5.60 Å². The third-order valence-electron chi connectivity index (χ3n) is 4.08. The summed E-state index contributed by atoms with van der Waals surface area (Å²) in [5.74, 6) is 0. The van der Waals surface area contributed by atoms with Crippen LogP contribution in [0.5, 0.6) is 0 Å². The van der Waals surface area contributed by atoms with Gasteiger partial charge >= 0.3 is 6.09 Å². The van der Waals surface area contributed by atoms with Crippen molar-refractivity contribution in [2.75, 3.05) is 13.1 Å². The Hall–Kier alpha value is -0.810. The number of nitrogens with zero attached hydrogens (tertiary/aromatic N) is 1. The molecule has 2 fully saturated rings. The van der Waals surface area contributed by atoms with Crippen LogP contribution in [0.4, 0.5) is 4.79 Å². The first-order chi connectivity index (χ1) is 9.83. The van der Waals surface area contributed by atoms with Crippen LogP contribution in [0.3, 0.4) is 0 Å². The quantitative estimate of drug-likeness (QED) is 0.851. The summed E-state index contributed by atoms with van der Waals surface area (Å²) in [6.07, 6.45) is 5.41. The van der Waals surface area contributed by atoms with E-state index < -0.39 is 5.60 Å². The standard InChI is InChI=1S/C16H29NO4/c1-16(2,3)21-15(19)17-9-7-13(8-10-17)20-14-6-4-5-12(18)11-14/h12-14,18H,4-11H2,1-3H3. The van der Waals surface area contributed by atoms with Gasteiger partial charge < -0.3 is 19.5 Å². The molecule has 1 N–H and O–H groups in total. The summed E-state index contributed by atoms with van der Waals surface area (Å²) in [6.45, 7) is 7.03. The van der Waals surface area contributed by atoms with Crippen molar-refractivity contribution in [2.45, 2.75) is 83.2 Å². The first kappa shape index (κ1) is 16.6. The minimum absolute atomic E-state index is 0.187. The Labute approximate surface area is 127 Å². The summed E-state index contributed by atoms with van der Waals surface area (Å²) in [5, 5.41) is 9.68. The fourth-order valence-corrected chi connectivity index (χ4v) is 3.02. The van der Waals surface area contributed by atoms with Crippen LogP contribution in [-0.2, 0) is 9.47 Å². The lowest BCUT2D eigenvalue weighted by Gasteiger charge is -2.36. The van der Waals surface area contributed by atoms with Crippen molar-refractivity contribution in [3.8, 4) is 0 Å². The maximum atomic E-state index is 12.0. The Morgan fingerprint density at radius 3 is 2.33 bits per heavy atom. The summed E-state index contributed by atoms with van der Waals surface area (Å²) >= 11 is 0. The van der Waals surface area contributed by atoms with Gasteiger partial charge in [-0.15, -0.1) is 0 Å². The molecule has 2 rings (SSSR count). The molecule has 1 saturated carbocycles. The third kappa shape index (κ3) is 5.47. The van der Waals surface area contributed by atoms with Gasteiger partial charge in [0.05, 0.1) is 18.3 Å². The van der Waals surface area contributed by atoms with Gasteiger partial charge in [0.2, 0.25) is 0 Å². The smallest absolute Gasteiger partial charge is 0.410 e. The number of piperidine rings is 1. The Morgan fingerprint density at radius 2 is 1.76 bits per heavy atom. The van der Waals surface area contributed by atoms with E-state index in [0.29, 0.717) is 13.1 Å².